The van der Waals surface area contributed by atoms with Gasteiger partial charge in [0.05, 0.1) is 15.7 Å². The van der Waals surface area contributed by atoms with Crippen LogP contribution < -0.4 is 5.32 Å². The van der Waals surface area contributed by atoms with E-state index in [0.29, 0.717) is 0 Å². The van der Waals surface area contributed by atoms with Crippen LogP contribution in [0.5, 0.6) is 0 Å². The van der Waals surface area contributed by atoms with Crippen LogP contribution in [0.4, 0.5) is 0 Å². The fourth-order valence-corrected chi connectivity index (χ4v) is 2.75. The zero-order chi connectivity index (χ0) is 11.7. The first-order valence-electron chi connectivity index (χ1n) is 5.68. The number of thiazole rings is 1. The molecular weight excluding hydrogens is 234 g/mol. The summed E-state index contributed by atoms with van der Waals surface area (Å²) in [6, 6.07) is 5.73. The Hall–Kier alpha value is -1.46. The maximum atomic E-state index is 12.2. The van der Waals surface area contributed by atoms with Gasteiger partial charge in [-0.3, -0.25) is 4.79 Å². The molecule has 0 atom stereocenters. The summed E-state index contributed by atoms with van der Waals surface area (Å²) in [6.07, 6.45) is 0. The molecule has 1 aromatic carbocycles. The number of amides is 1. The van der Waals surface area contributed by atoms with Gasteiger partial charge in [0, 0.05) is 31.7 Å². The van der Waals surface area contributed by atoms with E-state index in [9.17, 15) is 4.79 Å². The predicted octanol–water partition coefficient (Wildman–Crippen LogP) is 1.34. The summed E-state index contributed by atoms with van der Waals surface area (Å²) in [7, 11) is 0. The van der Waals surface area contributed by atoms with E-state index in [4.69, 9.17) is 0 Å². The molecule has 0 spiro atoms. The van der Waals surface area contributed by atoms with E-state index in [1.165, 1.54) is 0 Å². The molecule has 1 aliphatic rings. The summed E-state index contributed by atoms with van der Waals surface area (Å²) >= 11 is 1.57. The van der Waals surface area contributed by atoms with Crippen molar-refractivity contribution >= 4 is 27.5 Å². The maximum Gasteiger partial charge on any atom is 0.253 e. The lowest BCUT2D eigenvalue weighted by Gasteiger charge is -2.27. The van der Waals surface area contributed by atoms with Gasteiger partial charge in [0.2, 0.25) is 0 Å². The SMILES string of the molecule is O=C(c1ccc2ncsc2c1)N1CCNCC1. The number of nitrogens with zero attached hydrogens (tertiary/aromatic N) is 2. The van der Waals surface area contributed by atoms with Crippen molar-refractivity contribution in [2.24, 2.45) is 0 Å². The summed E-state index contributed by atoms with van der Waals surface area (Å²) < 4.78 is 1.07. The molecule has 88 valence electrons. The average Bonchev–Trinajstić information content (AvgIpc) is 2.86. The number of hydrogen-bond acceptors (Lipinski definition) is 4. The lowest BCUT2D eigenvalue weighted by Crippen LogP contribution is -2.46. The molecule has 0 radical (unpaired) electrons. The number of carbonyl (C=O) groups excluding carboxylic acids is 1. The van der Waals surface area contributed by atoms with Gasteiger partial charge in [-0.1, -0.05) is 0 Å². The van der Waals surface area contributed by atoms with Crippen molar-refractivity contribution in [3.8, 4) is 0 Å². The monoisotopic (exact) mass is 247 g/mol. The first-order chi connectivity index (χ1) is 8.34. The van der Waals surface area contributed by atoms with Crippen LogP contribution in [0.25, 0.3) is 10.2 Å². The van der Waals surface area contributed by atoms with Crippen molar-refractivity contribution in [3.63, 3.8) is 0 Å². The van der Waals surface area contributed by atoms with E-state index in [0.717, 1.165) is 42.0 Å². The fraction of sp³-hybridized carbons (Fsp3) is 0.333. The molecule has 17 heavy (non-hydrogen) atoms. The molecule has 2 heterocycles. The molecule has 1 amide bonds. The Bertz CT molecular complexity index is 545. The number of piperazine rings is 1. The van der Waals surface area contributed by atoms with Crippen LogP contribution in [0, 0.1) is 0 Å². The molecule has 1 N–H and O–H groups in total. The minimum Gasteiger partial charge on any atom is -0.336 e. The van der Waals surface area contributed by atoms with Crippen LogP contribution in [-0.2, 0) is 0 Å². The lowest BCUT2D eigenvalue weighted by atomic mass is 10.2. The smallest absolute Gasteiger partial charge is 0.253 e. The molecule has 0 bridgehead atoms. The highest BCUT2D eigenvalue weighted by Crippen LogP contribution is 2.20. The summed E-state index contributed by atoms with van der Waals surface area (Å²) in [5.41, 5.74) is 3.54. The van der Waals surface area contributed by atoms with Crippen LogP contribution >= 0.6 is 11.3 Å². The molecule has 1 aliphatic heterocycles. The zero-order valence-corrected chi connectivity index (χ0v) is 10.2. The van der Waals surface area contributed by atoms with Gasteiger partial charge in [-0.2, -0.15) is 0 Å². The van der Waals surface area contributed by atoms with Crippen LogP contribution in [0.15, 0.2) is 23.7 Å². The molecule has 0 aliphatic carbocycles. The summed E-state index contributed by atoms with van der Waals surface area (Å²) in [6.45, 7) is 3.35. The van der Waals surface area contributed by atoms with E-state index in [1.54, 1.807) is 11.3 Å². The largest absolute Gasteiger partial charge is 0.336 e. The molecule has 1 aromatic heterocycles. The zero-order valence-electron chi connectivity index (χ0n) is 9.35. The first-order valence-corrected chi connectivity index (χ1v) is 6.56. The number of rotatable bonds is 1. The van der Waals surface area contributed by atoms with Crippen LogP contribution in [0.1, 0.15) is 10.4 Å². The van der Waals surface area contributed by atoms with Gasteiger partial charge in [-0.25, -0.2) is 4.98 Å². The minimum atomic E-state index is 0.127. The van der Waals surface area contributed by atoms with Crippen molar-refractivity contribution < 1.29 is 4.79 Å². The van der Waals surface area contributed by atoms with Crippen molar-refractivity contribution in [1.29, 1.82) is 0 Å². The molecular formula is C12H13N3OS. The molecule has 1 saturated heterocycles. The van der Waals surface area contributed by atoms with Crippen molar-refractivity contribution in [2.45, 2.75) is 0 Å². The highest BCUT2D eigenvalue weighted by molar-refractivity contribution is 7.16. The molecule has 4 nitrogen and oxygen atoms in total. The predicted molar refractivity (Wildman–Crippen MR) is 68.4 cm³/mol. The molecule has 2 aromatic rings. The lowest BCUT2D eigenvalue weighted by molar-refractivity contribution is 0.0736. The third-order valence-electron chi connectivity index (χ3n) is 2.98. The van der Waals surface area contributed by atoms with E-state index in [1.807, 2.05) is 28.6 Å². The Morgan fingerprint density at radius 1 is 1.35 bits per heavy atom. The first kappa shape index (κ1) is 10.7. The van der Waals surface area contributed by atoms with Gasteiger partial charge in [0.25, 0.3) is 5.91 Å². The molecule has 5 heteroatoms. The Morgan fingerprint density at radius 3 is 3.00 bits per heavy atom. The Kier molecular flexibility index (Phi) is 2.78. The molecule has 1 fully saturated rings. The van der Waals surface area contributed by atoms with Gasteiger partial charge < -0.3 is 10.2 Å². The number of fused-ring (bicyclic) bond motifs is 1. The van der Waals surface area contributed by atoms with Crippen LogP contribution in [0.3, 0.4) is 0 Å². The number of hydrogen-bond donors (Lipinski definition) is 1. The van der Waals surface area contributed by atoms with E-state index < -0.39 is 0 Å². The van der Waals surface area contributed by atoms with Crippen molar-refractivity contribution in [2.75, 3.05) is 26.2 Å². The van der Waals surface area contributed by atoms with Crippen LogP contribution in [-0.4, -0.2) is 42.0 Å². The van der Waals surface area contributed by atoms with Gasteiger partial charge in [-0.05, 0) is 18.2 Å². The van der Waals surface area contributed by atoms with Gasteiger partial charge in [0.1, 0.15) is 0 Å². The van der Waals surface area contributed by atoms with Gasteiger partial charge in [-0.15, -0.1) is 11.3 Å². The Balaban J connectivity index is 1.88. The summed E-state index contributed by atoms with van der Waals surface area (Å²) in [4.78, 5) is 18.4. The highest BCUT2D eigenvalue weighted by atomic mass is 32.1. The van der Waals surface area contributed by atoms with Gasteiger partial charge >= 0.3 is 0 Å². The number of nitrogens with one attached hydrogen (secondary N) is 1. The number of carbonyl (C=O) groups is 1. The van der Waals surface area contributed by atoms with E-state index >= 15 is 0 Å². The van der Waals surface area contributed by atoms with Crippen LogP contribution in [0.2, 0.25) is 0 Å². The standard InChI is InChI=1S/C12H13N3OS/c16-12(15-5-3-13-4-6-15)9-1-2-10-11(7-9)17-8-14-10/h1-2,7-8,13H,3-6H2. The minimum absolute atomic E-state index is 0.127. The number of aromatic nitrogens is 1. The second-order valence-corrected chi connectivity index (χ2v) is 4.96. The quantitative estimate of drug-likeness (QED) is 0.827. The highest BCUT2D eigenvalue weighted by Gasteiger charge is 2.18. The molecule has 0 unspecified atom stereocenters. The van der Waals surface area contributed by atoms with Crippen molar-refractivity contribution in [1.82, 2.24) is 15.2 Å². The topological polar surface area (TPSA) is 45.2 Å². The van der Waals surface area contributed by atoms with E-state index in [2.05, 4.69) is 10.3 Å². The molecule has 0 saturated carbocycles. The second kappa shape index (κ2) is 4.43. The third kappa shape index (κ3) is 2.03. The Morgan fingerprint density at radius 2 is 2.18 bits per heavy atom. The summed E-state index contributed by atoms with van der Waals surface area (Å²) in [5.74, 6) is 0.127. The summed E-state index contributed by atoms with van der Waals surface area (Å²) in [5, 5.41) is 3.24. The second-order valence-electron chi connectivity index (χ2n) is 4.08. The fourth-order valence-electron chi connectivity index (χ4n) is 2.04. The normalized spacial score (nSPS) is 16.4. The van der Waals surface area contributed by atoms with Gasteiger partial charge in [0.15, 0.2) is 0 Å². The number of benzene rings is 1. The van der Waals surface area contributed by atoms with Crippen molar-refractivity contribution in [3.05, 3.63) is 29.3 Å². The van der Waals surface area contributed by atoms with E-state index in [-0.39, 0.29) is 5.91 Å². The maximum absolute atomic E-state index is 12.2. The molecule has 3 rings (SSSR count). The Labute approximate surface area is 103 Å². The third-order valence-corrected chi connectivity index (χ3v) is 3.77. The average molecular weight is 247 g/mol.